The van der Waals surface area contributed by atoms with Crippen LogP contribution in [0, 0.1) is 0 Å². The monoisotopic (exact) mass is 295 g/mol. The van der Waals surface area contributed by atoms with Gasteiger partial charge >= 0.3 is 5.97 Å². The molecule has 1 aromatic carbocycles. The average Bonchev–Trinajstić information content (AvgIpc) is 2.78. The summed E-state index contributed by atoms with van der Waals surface area (Å²) in [6.07, 6.45) is 0.714. The molecule has 3 rings (SSSR count). The van der Waals surface area contributed by atoms with Crippen molar-refractivity contribution in [1.29, 1.82) is 0 Å². The van der Waals surface area contributed by atoms with Gasteiger partial charge in [0, 0.05) is 16.8 Å². The molecule has 1 aromatic heterocycles. The van der Waals surface area contributed by atoms with E-state index in [0.29, 0.717) is 17.7 Å². The summed E-state index contributed by atoms with van der Waals surface area (Å²) in [4.78, 5) is 27.9. The highest BCUT2D eigenvalue weighted by Gasteiger charge is 2.32. The molecule has 5 heteroatoms. The Morgan fingerprint density at radius 3 is 2.64 bits per heavy atom. The van der Waals surface area contributed by atoms with Gasteiger partial charge in [0.05, 0.1) is 16.8 Å². The number of carbonyl (C=O) groups is 2. The third kappa shape index (κ3) is 2.07. The molecule has 0 saturated carbocycles. The number of aromatic carboxylic acids is 1. The van der Waals surface area contributed by atoms with Crippen LogP contribution in [0.15, 0.2) is 36.4 Å². The lowest BCUT2D eigenvalue weighted by molar-refractivity contribution is 0.0696. The first kappa shape index (κ1) is 14.0. The van der Waals surface area contributed by atoms with Crippen molar-refractivity contribution in [1.82, 2.24) is 4.98 Å². The quantitative estimate of drug-likeness (QED) is 0.909. The number of aliphatic hydroxyl groups excluding tert-OH is 1. The Morgan fingerprint density at radius 2 is 1.95 bits per heavy atom. The molecule has 0 saturated heterocycles. The predicted molar refractivity (Wildman–Crippen MR) is 80.8 cm³/mol. The molecule has 0 atom stereocenters. The minimum absolute atomic E-state index is 0.0228. The van der Waals surface area contributed by atoms with Crippen LogP contribution in [-0.2, 0) is 6.42 Å². The maximum Gasteiger partial charge on any atom is 0.335 e. The second-order valence-electron chi connectivity index (χ2n) is 4.99. The van der Waals surface area contributed by atoms with Gasteiger partial charge < -0.3 is 10.2 Å². The first-order valence-corrected chi connectivity index (χ1v) is 6.85. The van der Waals surface area contributed by atoms with Crippen LogP contribution in [0.5, 0.6) is 0 Å². The summed E-state index contributed by atoms with van der Waals surface area (Å²) in [7, 11) is 0. The number of carboxylic acid groups (broad SMARTS) is 1. The molecule has 1 aliphatic carbocycles. The fourth-order valence-corrected chi connectivity index (χ4v) is 2.50. The molecule has 2 N–H and O–H groups in total. The van der Waals surface area contributed by atoms with Crippen LogP contribution in [0.4, 0.5) is 0 Å². The normalized spacial score (nSPS) is 13.4. The van der Waals surface area contributed by atoms with Crippen molar-refractivity contribution >= 4 is 23.1 Å². The van der Waals surface area contributed by atoms with E-state index in [1.54, 1.807) is 12.1 Å². The van der Waals surface area contributed by atoms with Gasteiger partial charge in [-0.1, -0.05) is 13.0 Å². The summed E-state index contributed by atoms with van der Waals surface area (Å²) in [6.45, 7) is 1.95. The number of Topliss-reactive ketones (excluding diaryl/α,β-unsaturated/α-hetero) is 1. The number of aryl methyl sites for hydroxylation is 1. The van der Waals surface area contributed by atoms with Gasteiger partial charge in [-0.15, -0.1) is 0 Å². The second kappa shape index (κ2) is 5.11. The Hall–Kier alpha value is -2.95. The number of aliphatic hydroxyl groups is 1. The molecule has 22 heavy (non-hydrogen) atoms. The molecular formula is C17H13NO4. The molecular weight excluding hydrogens is 282 g/mol. The van der Waals surface area contributed by atoms with Crippen molar-refractivity contribution in [3.8, 4) is 0 Å². The number of carboxylic acids is 1. The van der Waals surface area contributed by atoms with Crippen LogP contribution in [0.1, 0.15) is 44.6 Å². The van der Waals surface area contributed by atoms with Crippen molar-refractivity contribution in [3.63, 3.8) is 0 Å². The summed E-state index contributed by atoms with van der Waals surface area (Å²) in [5.74, 6) is -1.67. The van der Waals surface area contributed by atoms with E-state index in [0.717, 1.165) is 5.69 Å². The first-order valence-electron chi connectivity index (χ1n) is 6.85. The fraction of sp³-hybridized carbons (Fsp3) is 0.118. The van der Waals surface area contributed by atoms with E-state index in [1.165, 1.54) is 18.2 Å². The number of allylic oxidation sites excluding steroid dienone is 1. The highest BCUT2D eigenvalue weighted by molar-refractivity contribution is 6.38. The number of fused-ring (bicyclic) bond motifs is 1. The molecule has 0 aliphatic heterocycles. The molecule has 0 bridgehead atoms. The lowest BCUT2D eigenvalue weighted by atomic mass is 10.0. The van der Waals surface area contributed by atoms with Crippen molar-refractivity contribution in [3.05, 3.63) is 64.5 Å². The van der Waals surface area contributed by atoms with Gasteiger partial charge in [-0.2, -0.15) is 0 Å². The zero-order valence-electron chi connectivity index (χ0n) is 11.8. The first-order chi connectivity index (χ1) is 10.5. The Labute approximate surface area is 126 Å². The number of rotatable bonds is 3. The van der Waals surface area contributed by atoms with Crippen molar-refractivity contribution < 1.29 is 19.8 Å². The van der Waals surface area contributed by atoms with Gasteiger partial charge in [0.2, 0.25) is 0 Å². The molecule has 0 amide bonds. The smallest absolute Gasteiger partial charge is 0.335 e. The number of ketones is 1. The van der Waals surface area contributed by atoms with Crippen LogP contribution in [0.3, 0.4) is 0 Å². The van der Waals surface area contributed by atoms with Gasteiger partial charge in [0.25, 0.3) is 0 Å². The largest absolute Gasteiger partial charge is 0.506 e. The van der Waals surface area contributed by atoms with Gasteiger partial charge in [0.15, 0.2) is 5.78 Å². The number of benzene rings is 1. The summed E-state index contributed by atoms with van der Waals surface area (Å²) < 4.78 is 0. The number of carbonyl (C=O) groups excluding carboxylic acids is 1. The number of aromatic nitrogens is 1. The van der Waals surface area contributed by atoms with Crippen LogP contribution in [-0.4, -0.2) is 26.9 Å². The number of nitrogens with zero attached hydrogens (tertiary/aromatic N) is 1. The zero-order valence-corrected chi connectivity index (χ0v) is 11.8. The minimum Gasteiger partial charge on any atom is -0.506 e. The number of pyridine rings is 1. The second-order valence-corrected chi connectivity index (χ2v) is 4.99. The highest BCUT2D eigenvalue weighted by Crippen LogP contribution is 2.36. The summed E-state index contributed by atoms with van der Waals surface area (Å²) in [5.41, 5.74) is 1.88. The van der Waals surface area contributed by atoms with Crippen molar-refractivity contribution in [2.75, 3.05) is 0 Å². The molecule has 110 valence electrons. The fourth-order valence-electron chi connectivity index (χ4n) is 2.50. The highest BCUT2D eigenvalue weighted by atomic mass is 16.4. The van der Waals surface area contributed by atoms with Gasteiger partial charge in [-0.25, -0.2) is 4.79 Å². The summed E-state index contributed by atoms with van der Waals surface area (Å²) >= 11 is 0. The Bertz CT molecular complexity index is 836. The van der Waals surface area contributed by atoms with Crippen molar-refractivity contribution in [2.24, 2.45) is 0 Å². The number of hydrogen-bond acceptors (Lipinski definition) is 4. The van der Waals surface area contributed by atoms with E-state index in [2.05, 4.69) is 4.98 Å². The predicted octanol–water partition coefficient (Wildman–Crippen LogP) is 2.96. The summed E-state index contributed by atoms with van der Waals surface area (Å²) in [5, 5.41) is 19.4. The van der Waals surface area contributed by atoms with Crippen LogP contribution in [0.2, 0.25) is 0 Å². The molecule has 0 radical (unpaired) electrons. The molecule has 0 unspecified atom stereocenters. The van der Waals surface area contributed by atoms with Crippen LogP contribution < -0.4 is 0 Å². The van der Waals surface area contributed by atoms with E-state index < -0.39 is 5.97 Å². The maximum atomic E-state index is 12.5. The van der Waals surface area contributed by atoms with E-state index >= 15 is 0 Å². The summed E-state index contributed by atoms with van der Waals surface area (Å²) in [6, 6.07) is 9.37. The lowest BCUT2D eigenvalue weighted by Crippen LogP contribution is -2.02. The van der Waals surface area contributed by atoms with E-state index in [4.69, 9.17) is 5.11 Å². The van der Waals surface area contributed by atoms with E-state index in [-0.39, 0.29) is 28.2 Å². The zero-order chi connectivity index (χ0) is 15.9. The van der Waals surface area contributed by atoms with Crippen molar-refractivity contribution in [2.45, 2.75) is 13.3 Å². The Kier molecular flexibility index (Phi) is 3.25. The van der Waals surface area contributed by atoms with E-state index in [9.17, 15) is 14.7 Å². The Morgan fingerprint density at radius 1 is 1.18 bits per heavy atom. The van der Waals surface area contributed by atoms with Gasteiger partial charge in [-0.3, -0.25) is 9.78 Å². The third-order valence-corrected chi connectivity index (χ3v) is 3.66. The molecule has 1 aliphatic rings. The standard InChI is InChI=1S/C17H13NO4/c1-2-10-4-3-5-13(18-10)14-15(19)11-7-6-9(17(21)22)8-12(11)16(14)20/h3-8,20H,2H2,1H3,(H,21,22). The SMILES string of the molecule is CCc1cccc(C2=C(O)c3cc(C(=O)O)ccc3C2=O)n1. The van der Waals surface area contributed by atoms with Gasteiger partial charge in [0.1, 0.15) is 5.76 Å². The van der Waals surface area contributed by atoms with E-state index in [1.807, 2.05) is 13.0 Å². The maximum absolute atomic E-state index is 12.5. The molecule has 2 aromatic rings. The topological polar surface area (TPSA) is 87.5 Å². The lowest BCUT2D eigenvalue weighted by Gasteiger charge is -2.03. The molecule has 1 heterocycles. The minimum atomic E-state index is -1.11. The molecule has 5 nitrogen and oxygen atoms in total. The Balaban J connectivity index is 2.16. The van der Waals surface area contributed by atoms with Crippen LogP contribution in [0.25, 0.3) is 11.3 Å². The number of hydrogen-bond donors (Lipinski definition) is 2. The average molecular weight is 295 g/mol. The van der Waals surface area contributed by atoms with Crippen LogP contribution >= 0.6 is 0 Å². The van der Waals surface area contributed by atoms with Gasteiger partial charge in [-0.05, 0) is 36.8 Å². The molecule has 0 spiro atoms. The molecule has 0 fully saturated rings. The third-order valence-electron chi connectivity index (χ3n) is 3.66.